The van der Waals surface area contributed by atoms with Crippen molar-refractivity contribution >= 4 is 5.91 Å². The molecule has 1 heterocycles. The SMILES string of the molecule is COc1cccc(C(=O)N(CC2CCCNC2)C(C)C)c1. The number of benzene rings is 1. The van der Waals surface area contributed by atoms with Crippen LogP contribution in [-0.2, 0) is 0 Å². The third-order valence-corrected chi connectivity index (χ3v) is 4.05. The van der Waals surface area contributed by atoms with Crippen molar-refractivity contribution in [3.8, 4) is 5.75 Å². The molecule has 1 fully saturated rings. The van der Waals surface area contributed by atoms with E-state index in [9.17, 15) is 4.79 Å². The molecule has 0 aliphatic carbocycles. The molecule has 21 heavy (non-hydrogen) atoms. The van der Waals surface area contributed by atoms with E-state index >= 15 is 0 Å². The van der Waals surface area contributed by atoms with Gasteiger partial charge in [0.2, 0.25) is 0 Å². The molecule has 1 aromatic rings. The van der Waals surface area contributed by atoms with Crippen LogP contribution in [0.1, 0.15) is 37.0 Å². The summed E-state index contributed by atoms with van der Waals surface area (Å²) in [6.45, 7) is 7.08. The normalized spacial score (nSPS) is 18.6. The predicted octanol–water partition coefficient (Wildman–Crippen LogP) is 2.55. The second-order valence-electron chi connectivity index (χ2n) is 6.00. The average Bonchev–Trinajstić information content (AvgIpc) is 2.52. The molecule has 1 N–H and O–H groups in total. The summed E-state index contributed by atoms with van der Waals surface area (Å²) < 4.78 is 5.21. The van der Waals surface area contributed by atoms with E-state index in [1.807, 2.05) is 29.2 Å². The summed E-state index contributed by atoms with van der Waals surface area (Å²) in [6.07, 6.45) is 2.39. The van der Waals surface area contributed by atoms with E-state index in [1.165, 1.54) is 12.8 Å². The van der Waals surface area contributed by atoms with Gasteiger partial charge in [0, 0.05) is 18.2 Å². The molecule has 2 rings (SSSR count). The maximum absolute atomic E-state index is 12.8. The van der Waals surface area contributed by atoms with Crippen LogP contribution in [-0.4, -0.2) is 43.6 Å². The molecule has 1 aliphatic rings. The molecule has 0 bridgehead atoms. The van der Waals surface area contributed by atoms with Crippen LogP contribution in [0.5, 0.6) is 5.75 Å². The van der Waals surface area contributed by atoms with Crippen LogP contribution >= 0.6 is 0 Å². The van der Waals surface area contributed by atoms with Gasteiger partial charge in [-0.15, -0.1) is 0 Å². The molecular weight excluding hydrogens is 264 g/mol. The number of methoxy groups -OCH3 is 1. The summed E-state index contributed by atoms with van der Waals surface area (Å²) in [6, 6.07) is 7.61. The van der Waals surface area contributed by atoms with Gasteiger partial charge in [-0.25, -0.2) is 0 Å². The molecule has 1 aliphatic heterocycles. The molecular formula is C17H26N2O2. The fraction of sp³-hybridized carbons (Fsp3) is 0.588. The Bertz CT molecular complexity index is 468. The summed E-state index contributed by atoms with van der Waals surface area (Å²) >= 11 is 0. The van der Waals surface area contributed by atoms with E-state index < -0.39 is 0 Å². The van der Waals surface area contributed by atoms with Crippen molar-refractivity contribution in [3.63, 3.8) is 0 Å². The minimum Gasteiger partial charge on any atom is -0.497 e. The van der Waals surface area contributed by atoms with Crippen molar-refractivity contribution < 1.29 is 9.53 Å². The quantitative estimate of drug-likeness (QED) is 0.906. The Kier molecular flexibility index (Phi) is 5.62. The fourth-order valence-corrected chi connectivity index (χ4v) is 2.81. The van der Waals surface area contributed by atoms with E-state index in [-0.39, 0.29) is 11.9 Å². The Labute approximate surface area is 127 Å². The Balaban J connectivity index is 2.10. The maximum Gasteiger partial charge on any atom is 0.254 e. The molecule has 1 saturated heterocycles. The van der Waals surface area contributed by atoms with Crippen LogP contribution < -0.4 is 10.1 Å². The van der Waals surface area contributed by atoms with E-state index in [1.54, 1.807) is 7.11 Å². The summed E-state index contributed by atoms with van der Waals surface area (Å²) in [5.41, 5.74) is 0.701. The number of nitrogens with one attached hydrogen (secondary N) is 1. The highest BCUT2D eigenvalue weighted by Gasteiger charge is 2.24. The molecule has 0 spiro atoms. The number of amides is 1. The van der Waals surface area contributed by atoms with Crippen LogP contribution in [0.2, 0.25) is 0 Å². The Morgan fingerprint density at radius 3 is 2.90 bits per heavy atom. The molecule has 1 amide bonds. The van der Waals surface area contributed by atoms with E-state index in [0.717, 1.165) is 25.4 Å². The van der Waals surface area contributed by atoms with Gasteiger partial charge in [-0.3, -0.25) is 4.79 Å². The van der Waals surface area contributed by atoms with Crippen LogP contribution in [0.25, 0.3) is 0 Å². The Hall–Kier alpha value is -1.55. The second kappa shape index (κ2) is 7.46. The van der Waals surface area contributed by atoms with Crippen molar-refractivity contribution in [3.05, 3.63) is 29.8 Å². The maximum atomic E-state index is 12.8. The van der Waals surface area contributed by atoms with Gasteiger partial charge in [0.05, 0.1) is 7.11 Å². The second-order valence-corrected chi connectivity index (χ2v) is 6.00. The molecule has 4 nitrogen and oxygen atoms in total. The number of hydrogen-bond acceptors (Lipinski definition) is 3. The first-order chi connectivity index (χ1) is 10.1. The van der Waals surface area contributed by atoms with Gasteiger partial charge >= 0.3 is 0 Å². The fourth-order valence-electron chi connectivity index (χ4n) is 2.81. The molecule has 1 atom stereocenters. The highest BCUT2D eigenvalue weighted by Crippen LogP contribution is 2.19. The van der Waals surface area contributed by atoms with Crippen LogP contribution in [0.15, 0.2) is 24.3 Å². The molecule has 0 radical (unpaired) electrons. The van der Waals surface area contributed by atoms with Gasteiger partial charge < -0.3 is 15.0 Å². The number of hydrogen-bond donors (Lipinski definition) is 1. The van der Waals surface area contributed by atoms with E-state index in [2.05, 4.69) is 19.2 Å². The molecule has 0 aromatic heterocycles. The lowest BCUT2D eigenvalue weighted by Gasteiger charge is -2.33. The molecule has 4 heteroatoms. The number of ether oxygens (including phenoxy) is 1. The minimum atomic E-state index is 0.0921. The zero-order valence-electron chi connectivity index (χ0n) is 13.3. The first kappa shape index (κ1) is 15.8. The third-order valence-electron chi connectivity index (χ3n) is 4.05. The van der Waals surface area contributed by atoms with Crippen molar-refractivity contribution in [1.82, 2.24) is 10.2 Å². The van der Waals surface area contributed by atoms with Gasteiger partial charge in [0.1, 0.15) is 5.75 Å². The van der Waals surface area contributed by atoms with Crippen molar-refractivity contribution in [2.45, 2.75) is 32.7 Å². The number of rotatable bonds is 5. The van der Waals surface area contributed by atoms with E-state index in [4.69, 9.17) is 4.74 Å². The lowest BCUT2D eigenvalue weighted by atomic mass is 9.98. The van der Waals surface area contributed by atoms with Gasteiger partial charge in [-0.05, 0) is 63.9 Å². The first-order valence-corrected chi connectivity index (χ1v) is 7.77. The van der Waals surface area contributed by atoms with Gasteiger partial charge in [-0.1, -0.05) is 6.07 Å². The Morgan fingerprint density at radius 1 is 1.48 bits per heavy atom. The third kappa shape index (κ3) is 4.21. The van der Waals surface area contributed by atoms with Crippen molar-refractivity contribution in [2.24, 2.45) is 5.92 Å². The lowest BCUT2D eigenvalue weighted by Crippen LogP contribution is -2.44. The first-order valence-electron chi connectivity index (χ1n) is 7.77. The lowest BCUT2D eigenvalue weighted by molar-refractivity contribution is 0.0660. The molecule has 0 saturated carbocycles. The van der Waals surface area contributed by atoms with Crippen LogP contribution in [0.4, 0.5) is 0 Å². The van der Waals surface area contributed by atoms with Crippen LogP contribution in [0, 0.1) is 5.92 Å². The predicted molar refractivity (Wildman–Crippen MR) is 84.8 cm³/mol. The monoisotopic (exact) mass is 290 g/mol. The summed E-state index contributed by atoms with van der Waals surface area (Å²) in [5, 5.41) is 3.42. The topological polar surface area (TPSA) is 41.6 Å². The van der Waals surface area contributed by atoms with Crippen molar-refractivity contribution in [1.29, 1.82) is 0 Å². The zero-order valence-corrected chi connectivity index (χ0v) is 13.3. The molecule has 1 unspecified atom stereocenters. The van der Waals surface area contributed by atoms with Gasteiger partial charge in [0.15, 0.2) is 0 Å². The largest absolute Gasteiger partial charge is 0.497 e. The average molecular weight is 290 g/mol. The molecule has 1 aromatic carbocycles. The Morgan fingerprint density at radius 2 is 2.29 bits per heavy atom. The standard InChI is InChI=1S/C17H26N2O2/c1-13(2)19(12-14-6-5-9-18-11-14)17(20)15-7-4-8-16(10-15)21-3/h4,7-8,10,13-14,18H,5-6,9,11-12H2,1-3H3. The van der Waals surface area contributed by atoms with Gasteiger partial charge in [-0.2, -0.15) is 0 Å². The zero-order chi connectivity index (χ0) is 15.2. The van der Waals surface area contributed by atoms with Crippen molar-refractivity contribution in [2.75, 3.05) is 26.7 Å². The number of nitrogens with zero attached hydrogens (tertiary/aromatic N) is 1. The summed E-state index contributed by atoms with van der Waals surface area (Å²) in [5.74, 6) is 1.37. The highest BCUT2D eigenvalue weighted by atomic mass is 16.5. The molecule has 116 valence electrons. The summed E-state index contributed by atoms with van der Waals surface area (Å²) in [4.78, 5) is 14.8. The highest BCUT2D eigenvalue weighted by molar-refractivity contribution is 5.94. The smallest absolute Gasteiger partial charge is 0.254 e. The number of carbonyl (C=O) groups excluding carboxylic acids is 1. The van der Waals surface area contributed by atoms with Gasteiger partial charge in [0.25, 0.3) is 5.91 Å². The number of carbonyl (C=O) groups is 1. The summed E-state index contributed by atoms with van der Waals surface area (Å²) in [7, 11) is 1.62. The minimum absolute atomic E-state index is 0.0921. The van der Waals surface area contributed by atoms with Crippen LogP contribution in [0.3, 0.4) is 0 Å². The van der Waals surface area contributed by atoms with E-state index in [0.29, 0.717) is 11.5 Å². The number of piperidine rings is 1.